The Balaban J connectivity index is 4.22. The zero-order valence-corrected chi connectivity index (χ0v) is 12.0. The molecule has 0 aromatic carbocycles. The molecule has 1 unspecified atom stereocenters. The third kappa shape index (κ3) is 3.61. The molecule has 0 nitrogen and oxygen atoms in total. The third-order valence-corrected chi connectivity index (χ3v) is 10.0. The fourth-order valence-electron chi connectivity index (χ4n) is 1.23. The van der Waals surface area contributed by atoms with Crippen molar-refractivity contribution in [1.29, 1.82) is 0 Å². The predicted octanol–water partition coefficient (Wildman–Crippen LogP) is 4.53. The van der Waals surface area contributed by atoms with Crippen LogP contribution in [0.25, 0.3) is 0 Å². The van der Waals surface area contributed by atoms with Crippen LogP contribution >= 0.6 is 15.9 Å². The van der Waals surface area contributed by atoms with E-state index in [1.54, 1.807) is 0 Å². The monoisotopic (exact) mass is 250 g/mol. The summed E-state index contributed by atoms with van der Waals surface area (Å²) in [6, 6.07) is 1.43. The number of hydrogen-bond donors (Lipinski definition) is 0. The molecule has 0 aliphatic heterocycles. The summed E-state index contributed by atoms with van der Waals surface area (Å²) >= 11 is 3.56. The molecule has 0 aromatic rings. The second kappa shape index (κ2) is 4.27. The lowest BCUT2D eigenvalue weighted by atomic mass is 10.2. The Morgan fingerprint density at radius 3 is 1.92 bits per heavy atom. The summed E-state index contributed by atoms with van der Waals surface area (Å²) in [6.45, 7) is 14.5. The fourth-order valence-corrected chi connectivity index (χ4v) is 4.38. The second-order valence-corrected chi connectivity index (χ2v) is 11.9. The zero-order chi connectivity index (χ0) is 9.99. The van der Waals surface area contributed by atoms with Gasteiger partial charge in [0.25, 0.3) is 0 Å². The van der Waals surface area contributed by atoms with E-state index >= 15 is 0 Å². The van der Waals surface area contributed by atoms with Crippen LogP contribution in [-0.2, 0) is 0 Å². The van der Waals surface area contributed by atoms with E-state index in [1.807, 2.05) is 0 Å². The predicted molar refractivity (Wildman–Crippen MR) is 65.0 cm³/mol. The highest BCUT2D eigenvalue weighted by molar-refractivity contribution is 9.09. The standard InChI is InChI=1S/C10H23BrSi/c1-9(7-11)8-12(5,6)10(2,3)4/h9H,7-8H2,1-6H3. The summed E-state index contributed by atoms with van der Waals surface area (Å²) in [4.78, 5) is 0. The molecule has 0 fully saturated rings. The molecule has 0 aliphatic rings. The van der Waals surface area contributed by atoms with Crippen LogP contribution < -0.4 is 0 Å². The molecule has 74 valence electrons. The first-order valence-electron chi connectivity index (χ1n) is 4.76. The van der Waals surface area contributed by atoms with Gasteiger partial charge in [-0.1, -0.05) is 62.8 Å². The number of hydrogen-bond acceptors (Lipinski definition) is 0. The minimum Gasteiger partial charge on any atom is -0.0925 e. The lowest BCUT2D eigenvalue weighted by Gasteiger charge is -2.38. The van der Waals surface area contributed by atoms with E-state index in [1.165, 1.54) is 6.04 Å². The van der Waals surface area contributed by atoms with Crippen molar-refractivity contribution < 1.29 is 0 Å². The van der Waals surface area contributed by atoms with E-state index in [0.29, 0.717) is 5.04 Å². The number of rotatable bonds is 3. The maximum absolute atomic E-state index is 3.56. The summed E-state index contributed by atoms with van der Waals surface area (Å²) in [6.07, 6.45) is 0. The van der Waals surface area contributed by atoms with E-state index in [2.05, 4.69) is 56.7 Å². The van der Waals surface area contributed by atoms with E-state index in [0.717, 1.165) is 11.2 Å². The molecule has 0 heterocycles. The second-order valence-electron chi connectivity index (χ2n) is 5.60. The van der Waals surface area contributed by atoms with Crippen molar-refractivity contribution in [3.63, 3.8) is 0 Å². The largest absolute Gasteiger partial charge is 0.0925 e. The Morgan fingerprint density at radius 2 is 1.67 bits per heavy atom. The van der Waals surface area contributed by atoms with Gasteiger partial charge < -0.3 is 0 Å². The smallest absolute Gasteiger partial charge is 0.0530 e. The van der Waals surface area contributed by atoms with Gasteiger partial charge in [-0.2, -0.15) is 0 Å². The molecule has 12 heavy (non-hydrogen) atoms. The van der Waals surface area contributed by atoms with Crippen molar-refractivity contribution in [3.05, 3.63) is 0 Å². The Morgan fingerprint density at radius 1 is 1.25 bits per heavy atom. The lowest BCUT2D eigenvalue weighted by Crippen LogP contribution is -2.38. The Bertz CT molecular complexity index is 135. The summed E-state index contributed by atoms with van der Waals surface area (Å²) < 4.78 is 0. The molecule has 0 amide bonds. The first kappa shape index (κ1) is 12.7. The molecule has 0 spiro atoms. The summed E-state index contributed by atoms with van der Waals surface area (Å²) in [5, 5.41) is 1.70. The molecule has 0 radical (unpaired) electrons. The van der Waals surface area contributed by atoms with Crippen molar-refractivity contribution in [2.45, 2.75) is 51.9 Å². The lowest BCUT2D eigenvalue weighted by molar-refractivity contribution is 0.666. The van der Waals surface area contributed by atoms with Crippen LogP contribution in [0.1, 0.15) is 27.7 Å². The van der Waals surface area contributed by atoms with Crippen LogP contribution in [-0.4, -0.2) is 13.4 Å². The van der Waals surface area contributed by atoms with Crippen LogP contribution in [0.15, 0.2) is 0 Å². The molecule has 0 aliphatic carbocycles. The van der Waals surface area contributed by atoms with Crippen LogP contribution in [0, 0.1) is 5.92 Å². The SMILES string of the molecule is CC(CBr)C[Si](C)(C)C(C)(C)C. The number of halogens is 1. The maximum atomic E-state index is 3.56. The average Bonchev–Trinajstić information content (AvgIpc) is 1.84. The molecular weight excluding hydrogens is 228 g/mol. The summed E-state index contributed by atoms with van der Waals surface area (Å²) in [7, 11) is -1.02. The van der Waals surface area contributed by atoms with E-state index in [9.17, 15) is 0 Å². The minimum atomic E-state index is -1.02. The van der Waals surface area contributed by atoms with Crippen molar-refractivity contribution >= 4 is 24.0 Å². The maximum Gasteiger partial charge on any atom is 0.0530 e. The van der Waals surface area contributed by atoms with Gasteiger partial charge in [-0.25, -0.2) is 0 Å². The normalized spacial score (nSPS) is 16.2. The molecular formula is C10H23BrSi. The van der Waals surface area contributed by atoms with Crippen molar-refractivity contribution in [2.24, 2.45) is 5.92 Å². The van der Waals surface area contributed by atoms with Crippen LogP contribution in [0.4, 0.5) is 0 Å². The molecule has 0 saturated heterocycles. The molecule has 0 N–H and O–H groups in total. The third-order valence-electron chi connectivity index (χ3n) is 3.15. The first-order valence-corrected chi connectivity index (χ1v) is 9.09. The van der Waals surface area contributed by atoms with E-state index in [4.69, 9.17) is 0 Å². The molecule has 0 saturated carbocycles. The van der Waals surface area contributed by atoms with Gasteiger partial charge in [0, 0.05) is 5.33 Å². The van der Waals surface area contributed by atoms with Crippen LogP contribution in [0.2, 0.25) is 24.2 Å². The van der Waals surface area contributed by atoms with E-state index in [-0.39, 0.29) is 0 Å². The quantitative estimate of drug-likeness (QED) is 0.511. The van der Waals surface area contributed by atoms with Crippen molar-refractivity contribution in [1.82, 2.24) is 0 Å². The van der Waals surface area contributed by atoms with Crippen molar-refractivity contribution in [2.75, 3.05) is 5.33 Å². The highest BCUT2D eigenvalue weighted by atomic mass is 79.9. The van der Waals surface area contributed by atoms with Gasteiger partial charge in [0.05, 0.1) is 8.07 Å². The molecule has 0 bridgehead atoms. The molecule has 2 heteroatoms. The average molecular weight is 251 g/mol. The number of alkyl halides is 1. The first-order chi connectivity index (χ1) is 5.20. The van der Waals surface area contributed by atoms with Gasteiger partial charge in [-0.3, -0.25) is 0 Å². The molecule has 0 rings (SSSR count). The van der Waals surface area contributed by atoms with Gasteiger partial charge in [0.15, 0.2) is 0 Å². The van der Waals surface area contributed by atoms with Crippen LogP contribution in [0.5, 0.6) is 0 Å². The van der Waals surface area contributed by atoms with Crippen molar-refractivity contribution in [3.8, 4) is 0 Å². The van der Waals surface area contributed by atoms with Crippen LogP contribution in [0.3, 0.4) is 0 Å². The Kier molecular flexibility index (Phi) is 4.52. The Labute approximate surface area is 87.3 Å². The van der Waals surface area contributed by atoms with Gasteiger partial charge in [0.2, 0.25) is 0 Å². The zero-order valence-electron chi connectivity index (χ0n) is 9.37. The van der Waals surface area contributed by atoms with Gasteiger partial charge in [-0.05, 0) is 11.0 Å². The van der Waals surface area contributed by atoms with Gasteiger partial charge in [-0.15, -0.1) is 0 Å². The minimum absolute atomic E-state index is 0.545. The van der Waals surface area contributed by atoms with Gasteiger partial charge >= 0.3 is 0 Å². The molecule has 0 aromatic heterocycles. The molecule has 1 atom stereocenters. The highest BCUT2D eigenvalue weighted by Gasteiger charge is 2.35. The highest BCUT2D eigenvalue weighted by Crippen LogP contribution is 2.40. The summed E-state index contributed by atoms with van der Waals surface area (Å²) in [5.41, 5.74) is 0. The topological polar surface area (TPSA) is 0 Å². The Hall–Kier alpha value is 0.697. The fraction of sp³-hybridized carbons (Fsp3) is 1.00. The van der Waals surface area contributed by atoms with E-state index < -0.39 is 8.07 Å². The summed E-state index contributed by atoms with van der Waals surface area (Å²) in [5.74, 6) is 0.839. The van der Waals surface area contributed by atoms with Gasteiger partial charge in [0.1, 0.15) is 0 Å².